The molecule has 0 unspecified atom stereocenters. The number of nitrogens with zero attached hydrogens (tertiary/aromatic N) is 2. The average molecular weight is 1090 g/mol. The normalized spacial score (nSPS) is 11.2. The van der Waals surface area contributed by atoms with Gasteiger partial charge in [-0.1, -0.05) is 146 Å². The molecule has 0 saturated heterocycles. The molecule has 3 N–H and O–H groups in total. The Morgan fingerprint density at radius 3 is 1.23 bits per heavy atom. The highest BCUT2D eigenvalue weighted by Crippen LogP contribution is 2.32. The number of aromatic nitrogens is 2. The quantitative estimate of drug-likeness (QED) is 0.0635. The van der Waals surface area contributed by atoms with Crippen molar-refractivity contribution in [1.29, 1.82) is 0 Å². The van der Waals surface area contributed by atoms with Crippen LogP contribution in [0.5, 0.6) is 0 Å². The first kappa shape index (κ1) is 56.8. The van der Waals surface area contributed by atoms with Crippen molar-refractivity contribution < 1.29 is 38.6 Å². The summed E-state index contributed by atoms with van der Waals surface area (Å²) in [7, 11) is 0. The SMILES string of the molecule is Cc1c(C)n(Cc2ccc(-c3ccccc3C(=O)O)cc2)c2ccc(C(=O)NCC(=O)c3ccccc3)cc12.Cc1c(C)n(Cc2ccc(-c3ccccc3C(=O)OC(C)(C)C)cc2)c2ccc(C(=O)NCC(=O)c3ccccc3)cc12. The highest BCUT2D eigenvalue weighted by Gasteiger charge is 2.22. The number of rotatable bonds is 16. The van der Waals surface area contributed by atoms with Crippen LogP contribution in [0.15, 0.2) is 194 Å². The number of ketones is 2. The van der Waals surface area contributed by atoms with Gasteiger partial charge in [0.2, 0.25) is 0 Å². The minimum Gasteiger partial charge on any atom is -0.478 e. The van der Waals surface area contributed by atoms with Gasteiger partial charge in [-0.15, -0.1) is 0 Å². The van der Waals surface area contributed by atoms with Crippen molar-refractivity contribution in [1.82, 2.24) is 19.8 Å². The molecular formula is C70H64N4O8. The van der Waals surface area contributed by atoms with E-state index in [1.165, 1.54) is 0 Å². The fourth-order valence-electron chi connectivity index (χ4n) is 10.1. The monoisotopic (exact) mass is 1090 g/mol. The number of hydrogen-bond acceptors (Lipinski definition) is 7. The molecule has 412 valence electrons. The number of carbonyl (C=O) groups is 6. The van der Waals surface area contributed by atoms with Gasteiger partial charge in [-0.05, 0) is 142 Å². The third kappa shape index (κ3) is 12.9. The van der Waals surface area contributed by atoms with Gasteiger partial charge in [0, 0.05) is 68.5 Å². The fraction of sp³-hybridized carbons (Fsp3) is 0.171. The summed E-state index contributed by atoms with van der Waals surface area (Å²) < 4.78 is 10.1. The molecule has 0 radical (unpaired) electrons. The maximum absolute atomic E-state index is 12.9. The van der Waals surface area contributed by atoms with Gasteiger partial charge in [-0.25, -0.2) is 9.59 Å². The Morgan fingerprint density at radius 2 is 0.829 bits per heavy atom. The number of carboxylic acids is 1. The number of carbonyl (C=O) groups excluding carboxylic acids is 5. The van der Waals surface area contributed by atoms with E-state index in [1.54, 1.807) is 78.9 Å². The number of Topliss-reactive ketones (excluding diaryl/α,β-unsaturated/α-hetero) is 2. The zero-order valence-corrected chi connectivity index (χ0v) is 47.0. The van der Waals surface area contributed by atoms with Gasteiger partial charge in [0.25, 0.3) is 11.8 Å². The summed E-state index contributed by atoms with van der Waals surface area (Å²) in [6.45, 7) is 15.0. The zero-order chi connectivity index (χ0) is 58.2. The summed E-state index contributed by atoms with van der Waals surface area (Å²) in [6.07, 6.45) is 0. The Morgan fingerprint density at radius 1 is 0.451 bits per heavy atom. The number of aryl methyl sites for hydroxylation is 2. The zero-order valence-electron chi connectivity index (χ0n) is 47.0. The number of fused-ring (bicyclic) bond motifs is 2. The van der Waals surface area contributed by atoms with Crippen LogP contribution in [0.3, 0.4) is 0 Å². The van der Waals surface area contributed by atoms with Crippen molar-refractivity contribution in [2.24, 2.45) is 0 Å². The molecule has 2 heterocycles. The number of aromatic carboxylic acids is 1. The summed E-state index contributed by atoms with van der Waals surface area (Å²) in [5.41, 5.74) is 14.4. The molecule has 0 fully saturated rings. The molecule has 2 aromatic heterocycles. The largest absolute Gasteiger partial charge is 0.478 e. The van der Waals surface area contributed by atoms with Gasteiger partial charge in [0.15, 0.2) is 11.6 Å². The van der Waals surface area contributed by atoms with Crippen molar-refractivity contribution in [3.63, 3.8) is 0 Å². The first-order chi connectivity index (χ1) is 39.3. The smallest absolute Gasteiger partial charge is 0.339 e. The van der Waals surface area contributed by atoms with E-state index < -0.39 is 11.6 Å². The van der Waals surface area contributed by atoms with Crippen LogP contribution >= 0.6 is 0 Å². The van der Waals surface area contributed by atoms with Crippen LogP contribution in [0.25, 0.3) is 44.1 Å². The van der Waals surface area contributed by atoms with E-state index >= 15 is 0 Å². The second-order valence-corrected chi connectivity index (χ2v) is 21.3. The number of esters is 1. The fourth-order valence-corrected chi connectivity index (χ4v) is 10.1. The van der Waals surface area contributed by atoms with Gasteiger partial charge in [0.1, 0.15) is 5.60 Å². The average Bonchev–Trinajstić information content (AvgIpc) is 4.12. The molecular weight excluding hydrogens is 1020 g/mol. The second kappa shape index (κ2) is 24.6. The molecule has 8 aromatic carbocycles. The maximum Gasteiger partial charge on any atom is 0.339 e. The van der Waals surface area contributed by atoms with Crippen LogP contribution in [-0.4, -0.2) is 68.3 Å². The summed E-state index contributed by atoms with van der Waals surface area (Å²) in [5.74, 6) is -2.13. The van der Waals surface area contributed by atoms with E-state index in [2.05, 4.69) is 52.7 Å². The van der Waals surface area contributed by atoms with Crippen molar-refractivity contribution in [2.75, 3.05) is 13.1 Å². The number of hydrogen-bond donors (Lipinski definition) is 3. The van der Waals surface area contributed by atoms with Gasteiger partial charge in [-0.2, -0.15) is 0 Å². The van der Waals surface area contributed by atoms with Crippen LogP contribution < -0.4 is 10.6 Å². The first-order valence-electron chi connectivity index (χ1n) is 27.1. The Bertz CT molecular complexity index is 4040. The summed E-state index contributed by atoms with van der Waals surface area (Å²) in [6, 6.07) is 59.8. The number of carboxylic acid groups (broad SMARTS) is 1. The number of ether oxygens (including phenoxy) is 1. The molecule has 12 nitrogen and oxygen atoms in total. The third-order valence-electron chi connectivity index (χ3n) is 14.7. The molecule has 0 spiro atoms. The molecule has 0 aliphatic carbocycles. The van der Waals surface area contributed by atoms with Gasteiger partial charge in [-0.3, -0.25) is 19.2 Å². The van der Waals surface area contributed by atoms with Gasteiger partial charge in [0.05, 0.1) is 24.2 Å². The molecule has 0 bridgehead atoms. The summed E-state index contributed by atoms with van der Waals surface area (Å²) >= 11 is 0. The van der Waals surface area contributed by atoms with Crippen molar-refractivity contribution in [3.8, 4) is 22.3 Å². The Hall–Kier alpha value is -9.94. The predicted octanol–water partition coefficient (Wildman–Crippen LogP) is 13.8. The lowest BCUT2D eigenvalue weighted by Crippen LogP contribution is -2.29. The first-order valence-corrected chi connectivity index (χ1v) is 27.1. The van der Waals surface area contributed by atoms with Crippen LogP contribution in [0.1, 0.15) is 117 Å². The highest BCUT2D eigenvalue weighted by molar-refractivity contribution is 6.05. The third-order valence-corrected chi connectivity index (χ3v) is 14.7. The minimum absolute atomic E-state index is 0.0574. The second-order valence-electron chi connectivity index (χ2n) is 21.3. The lowest BCUT2D eigenvalue weighted by atomic mass is 9.98. The van der Waals surface area contributed by atoms with Crippen molar-refractivity contribution >= 4 is 57.1 Å². The standard InChI is InChI=1S/C37H36N2O4.C33H28N2O4/c1-24-25(2)39(33-20-19-29(21-32(24)33)35(41)38-22-34(40)28-11-7-6-8-12-28)23-26-15-17-27(18-16-26)30-13-9-10-14-31(30)36(42)43-37(3,4)5;1-21-22(2)35(20-23-12-14-24(15-13-23)27-10-6-7-11-28(27)33(38)39)30-17-16-26(18-29(21)30)32(37)34-19-31(36)25-8-4-3-5-9-25/h6-21H,22-23H2,1-5H3,(H,38,41);3-18H,19-20H2,1-2H3,(H,34,37)(H,38,39). The predicted molar refractivity (Wildman–Crippen MR) is 323 cm³/mol. The van der Waals surface area contributed by atoms with E-state index in [0.717, 1.165) is 72.1 Å². The molecule has 82 heavy (non-hydrogen) atoms. The number of benzene rings is 8. The molecule has 0 aliphatic heterocycles. The molecule has 2 amide bonds. The van der Waals surface area contributed by atoms with Crippen LogP contribution in [-0.2, 0) is 17.8 Å². The van der Waals surface area contributed by atoms with E-state index in [-0.39, 0.29) is 48.0 Å². The molecule has 0 saturated carbocycles. The topological polar surface area (TPSA) is 166 Å². The lowest BCUT2D eigenvalue weighted by molar-refractivity contribution is 0.00697. The highest BCUT2D eigenvalue weighted by atomic mass is 16.6. The number of amides is 2. The van der Waals surface area contributed by atoms with Gasteiger partial charge >= 0.3 is 11.9 Å². The minimum atomic E-state index is -0.949. The maximum atomic E-state index is 12.9. The van der Waals surface area contributed by atoms with Crippen molar-refractivity contribution in [2.45, 2.75) is 67.2 Å². The van der Waals surface area contributed by atoms with E-state index in [9.17, 15) is 33.9 Å². The van der Waals surface area contributed by atoms with Crippen LogP contribution in [0.2, 0.25) is 0 Å². The molecule has 0 atom stereocenters. The van der Waals surface area contributed by atoms with Crippen molar-refractivity contribution in [3.05, 3.63) is 261 Å². The van der Waals surface area contributed by atoms with Gasteiger partial charge < -0.3 is 29.6 Å². The van der Waals surface area contributed by atoms with E-state index in [0.29, 0.717) is 46.5 Å². The van der Waals surface area contributed by atoms with Crippen LogP contribution in [0, 0.1) is 27.7 Å². The number of nitrogens with one attached hydrogen (secondary N) is 2. The Balaban J connectivity index is 0.000000198. The lowest BCUT2D eigenvalue weighted by Gasteiger charge is -2.20. The summed E-state index contributed by atoms with van der Waals surface area (Å²) in [5, 5.41) is 17.0. The van der Waals surface area contributed by atoms with E-state index in [1.807, 2.05) is 131 Å². The molecule has 10 rings (SSSR count). The Kier molecular flexibility index (Phi) is 17.0. The molecule has 12 heteroatoms. The molecule has 10 aromatic rings. The summed E-state index contributed by atoms with van der Waals surface area (Å²) in [4.78, 5) is 75.0. The Labute approximate surface area is 477 Å². The molecule has 0 aliphatic rings. The van der Waals surface area contributed by atoms with E-state index in [4.69, 9.17) is 4.74 Å². The van der Waals surface area contributed by atoms with Crippen LogP contribution in [0.4, 0.5) is 0 Å².